The third kappa shape index (κ3) is 6.12. The summed E-state index contributed by atoms with van der Waals surface area (Å²) in [6.45, 7) is 4.95. The highest BCUT2D eigenvalue weighted by molar-refractivity contribution is 14.2. The van der Waals surface area contributed by atoms with Crippen LogP contribution in [0.2, 0.25) is 0 Å². The van der Waals surface area contributed by atoms with E-state index in [9.17, 15) is 13.2 Å². The molecule has 1 fully saturated rings. The van der Waals surface area contributed by atoms with Crippen molar-refractivity contribution in [3.05, 3.63) is 0 Å². The van der Waals surface area contributed by atoms with Gasteiger partial charge in [0.15, 0.2) is 5.79 Å². The van der Waals surface area contributed by atoms with Crippen LogP contribution in [-0.4, -0.2) is 37.9 Å². The van der Waals surface area contributed by atoms with Gasteiger partial charge >= 0.3 is 0 Å². The number of carbonyl (C=O) groups is 1. The van der Waals surface area contributed by atoms with Gasteiger partial charge in [-0.2, -0.15) is 0 Å². The summed E-state index contributed by atoms with van der Waals surface area (Å²) in [5.41, 5.74) is 0. The number of rotatable bonds is 4. The van der Waals surface area contributed by atoms with Crippen molar-refractivity contribution < 1.29 is 22.7 Å². The normalized spacial score (nSPS) is 28.9. The van der Waals surface area contributed by atoms with Gasteiger partial charge in [-0.25, -0.2) is 8.42 Å². The van der Waals surface area contributed by atoms with Gasteiger partial charge in [-0.3, -0.25) is 4.79 Å². The van der Waals surface area contributed by atoms with Crippen LogP contribution in [-0.2, 0) is 21.3 Å². The van der Waals surface area contributed by atoms with E-state index in [4.69, 9.17) is 9.47 Å². The molecule has 1 aliphatic heterocycles. The van der Waals surface area contributed by atoms with Gasteiger partial charge < -0.3 is 9.47 Å². The summed E-state index contributed by atoms with van der Waals surface area (Å²) in [6.07, 6.45) is 0.0555. The molecule has 0 spiro atoms. The number of ether oxygens (including phenoxy) is 2. The zero-order chi connectivity index (χ0) is 13.3. The molecule has 0 amide bonds. The quantitative estimate of drug-likeness (QED) is 0.551. The van der Waals surface area contributed by atoms with Gasteiger partial charge in [0.25, 0.3) is 0 Å². The molecule has 0 aromatic carbocycles. The molecule has 0 aromatic rings. The fourth-order valence-electron chi connectivity index (χ4n) is 1.99. The van der Waals surface area contributed by atoms with Gasteiger partial charge in [0.1, 0.15) is 5.78 Å². The van der Waals surface area contributed by atoms with Crippen LogP contribution in [0.1, 0.15) is 33.6 Å². The molecule has 0 N–H and O–H groups in total. The van der Waals surface area contributed by atoms with Crippen LogP contribution in [0, 0.1) is 0 Å². The molecule has 0 saturated carbocycles. The second kappa shape index (κ2) is 5.50. The first-order valence-corrected chi connectivity index (χ1v) is 9.54. The molecule has 1 aliphatic rings. The van der Waals surface area contributed by atoms with Crippen LogP contribution in [0.25, 0.3) is 0 Å². The van der Waals surface area contributed by atoms with E-state index in [1.807, 2.05) is 0 Å². The predicted octanol–water partition coefficient (Wildman–Crippen LogP) is 1.64. The third-order valence-corrected chi connectivity index (χ3v) is 4.18. The molecule has 17 heavy (non-hydrogen) atoms. The standard InChI is InChI=1S/C10H17IO5S/c1-7(12)4-8-5-9(6-17(11,13)14)16-10(2,3)15-8/h8-9H,4-6H2,1-3H3/t8-,9-/m0/s1. The highest BCUT2D eigenvalue weighted by Crippen LogP contribution is 2.29. The van der Waals surface area contributed by atoms with Crippen LogP contribution in [0.4, 0.5) is 0 Å². The van der Waals surface area contributed by atoms with Crippen LogP contribution in [0.15, 0.2) is 0 Å². The molecule has 5 nitrogen and oxygen atoms in total. The molecular formula is C10H17IO5S. The highest BCUT2D eigenvalue weighted by atomic mass is 127. The van der Waals surface area contributed by atoms with Crippen LogP contribution < -0.4 is 0 Å². The highest BCUT2D eigenvalue weighted by Gasteiger charge is 2.37. The van der Waals surface area contributed by atoms with Gasteiger partial charge in [0.2, 0.25) is 7.01 Å². The fourth-order valence-corrected chi connectivity index (χ4v) is 3.84. The lowest BCUT2D eigenvalue weighted by molar-refractivity contribution is -0.294. The van der Waals surface area contributed by atoms with Crippen molar-refractivity contribution in [1.29, 1.82) is 0 Å². The van der Waals surface area contributed by atoms with E-state index in [0.717, 1.165) is 0 Å². The van der Waals surface area contributed by atoms with Crippen LogP contribution in [0.3, 0.4) is 0 Å². The first-order chi connectivity index (χ1) is 7.57. The lowest BCUT2D eigenvalue weighted by atomic mass is 10.0. The Morgan fingerprint density at radius 2 is 1.88 bits per heavy atom. The van der Waals surface area contributed by atoms with Gasteiger partial charge in [-0.15, -0.1) is 0 Å². The van der Waals surface area contributed by atoms with E-state index < -0.39 is 18.9 Å². The zero-order valence-electron chi connectivity index (χ0n) is 10.1. The van der Waals surface area contributed by atoms with Gasteiger partial charge in [-0.1, -0.05) is 0 Å². The van der Waals surface area contributed by atoms with Crippen LogP contribution >= 0.6 is 21.2 Å². The van der Waals surface area contributed by atoms with E-state index in [1.165, 1.54) is 28.1 Å². The minimum absolute atomic E-state index is 0.0313. The van der Waals surface area contributed by atoms with Crippen molar-refractivity contribution in [2.45, 2.75) is 51.6 Å². The van der Waals surface area contributed by atoms with Crippen molar-refractivity contribution in [2.24, 2.45) is 0 Å². The van der Waals surface area contributed by atoms with Gasteiger partial charge in [-0.05, 0) is 20.8 Å². The number of halogens is 1. The Morgan fingerprint density at radius 3 is 2.35 bits per heavy atom. The van der Waals surface area contributed by atoms with E-state index in [2.05, 4.69) is 0 Å². The molecule has 0 unspecified atom stereocenters. The molecule has 2 atom stereocenters. The third-order valence-electron chi connectivity index (χ3n) is 2.33. The molecule has 100 valence electrons. The largest absolute Gasteiger partial charge is 0.347 e. The number of hydrogen-bond acceptors (Lipinski definition) is 5. The zero-order valence-corrected chi connectivity index (χ0v) is 13.1. The maximum Gasteiger partial charge on any atom is 0.205 e. The average Bonchev–Trinajstić information content (AvgIpc) is 1.93. The Labute approximate surface area is 114 Å². The molecule has 0 aliphatic carbocycles. The van der Waals surface area contributed by atoms with Crippen molar-refractivity contribution in [3.63, 3.8) is 0 Å². The SMILES string of the molecule is CC(=O)C[C@H]1C[C@@H](CS(=O)(=O)I)OC(C)(C)O1. The first-order valence-electron chi connectivity index (χ1n) is 5.35. The van der Waals surface area contributed by atoms with Crippen molar-refractivity contribution in [3.8, 4) is 0 Å². The number of carbonyl (C=O) groups excluding carboxylic acids is 1. The maximum absolute atomic E-state index is 11.2. The fraction of sp³-hybridized carbons (Fsp3) is 0.900. The van der Waals surface area contributed by atoms with Crippen molar-refractivity contribution >= 4 is 34.0 Å². The Balaban J connectivity index is 2.70. The number of hydrogen-bond donors (Lipinski definition) is 0. The van der Waals surface area contributed by atoms with Gasteiger partial charge in [0, 0.05) is 12.8 Å². The van der Waals surface area contributed by atoms with Crippen molar-refractivity contribution in [2.75, 3.05) is 5.75 Å². The molecular weight excluding hydrogens is 359 g/mol. The number of Topliss-reactive ketones (excluding diaryl/α,β-unsaturated/α-hetero) is 1. The monoisotopic (exact) mass is 376 g/mol. The average molecular weight is 376 g/mol. The Morgan fingerprint density at radius 1 is 1.35 bits per heavy atom. The summed E-state index contributed by atoms with van der Waals surface area (Å²) in [5.74, 6) is -0.858. The lowest BCUT2D eigenvalue weighted by Crippen LogP contribution is -2.46. The summed E-state index contributed by atoms with van der Waals surface area (Å²) < 4.78 is 33.6. The van der Waals surface area contributed by atoms with E-state index in [1.54, 1.807) is 13.8 Å². The Kier molecular flexibility index (Phi) is 4.96. The summed E-state index contributed by atoms with van der Waals surface area (Å²) in [6, 6.07) is 0. The molecule has 0 bridgehead atoms. The molecule has 1 saturated heterocycles. The topological polar surface area (TPSA) is 69.7 Å². The summed E-state index contributed by atoms with van der Waals surface area (Å²) in [7, 11) is -3.12. The smallest absolute Gasteiger partial charge is 0.205 e. The van der Waals surface area contributed by atoms with E-state index in [-0.39, 0.29) is 17.6 Å². The second-order valence-electron chi connectivity index (χ2n) is 4.73. The molecule has 7 heteroatoms. The molecule has 0 aromatic heterocycles. The van der Waals surface area contributed by atoms with Crippen molar-refractivity contribution in [1.82, 2.24) is 0 Å². The second-order valence-corrected chi connectivity index (χ2v) is 10.2. The number of ketones is 1. The maximum atomic E-state index is 11.2. The first kappa shape index (κ1) is 15.3. The molecule has 1 heterocycles. The molecule has 0 radical (unpaired) electrons. The summed E-state index contributed by atoms with van der Waals surface area (Å²) in [4.78, 5) is 11.1. The van der Waals surface area contributed by atoms with Gasteiger partial charge in [0.05, 0.1) is 39.2 Å². The Hall–Kier alpha value is 0.270. The molecule has 1 rings (SSSR count). The van der Waals surface area contributed by atoms with Crippen LogP contribution in [0.5, 0.6) is 0 Å². The lowest BCUT2D eigenvalue weighted by Gasteiger charge is -2.40. The predicted molar refractivity (Wildman–Crippen MR) is 71.5 cm³/mol. The minimum atomic E-state index is -3.12. The van der Waals surface area contributed by atoms with E-state index in [0.29, 0.717) is 12.8 Å². The summed E-state index contributed by atoms with van der Waals surface area (Å²) >= 11 is 1.41. The summed E-state index contributed by atoms with van der Waals surface area (Å²) in [5, 5.41) is 0. The minimum Gasteiger partial charge on any atom is -0.347 e. The van der Waals surface area contributed by atoms with E-state index >= 15 is 0 Å². The Bertz CT molecular complexity index is 390.